The Labute approximate surface area is 144 Å². The van der Waals surface area contributed by atoms with Crippen molar-refractivity contribution in [1.29, 1.82) is 0 Å². The summed E-state index contributed by atoms with van der Waals surface area (Å²) in [6.45, 7) is 6.01. The summed E-state index contributed by atoms with van der Waals surface area (Å²) >= 11 is 0. The summed E-state index contributed by atoms with van der Waals surface area (Å²) < 4.78 is 0. The highest BCUT2D eigenvalue weighted by atomic mass is 16.3. The van der Waals surface area contributed by atoms with Gasteiger partial charge in [0.15, 0.2) is 0 Å². The first-order chi connectivity index (χ1) is 11.5. The third kappa shape index (κ3) is 3.56. The molecule has 1 aliphatic heterocycles. The van der Waals surface area contributed by atoms with Gasteiger partial charge in [-0.05, 0) is 44.2 Å². The lowest BCUT2D eigenvalue weighted by Crippen LogP contribution is -2.48. The van der Waals surface area contributed by atoms with Crippen molar-refractivity contribution >= 4 is 11.7 Å². The molecule has 2 heterocycles. The molecule has 2 unspecified atom stereocenters. The maximum Gasteiger partial charge on any atom is 0.223 e. The number of aliphatic hydroxyl groups is 1. The number of hydrogen-bond acceptors (Lipinski definition) is 4. The van der Waals surface area contributed by atoms with Gasteiger partial charge in [0.25, 0.3) is 0 Å². The molecule has 5 heteroatoms. The first-order valence-electron chi connectivity index (χ1n) is 9.11. The fourth-order valence-electron chi connectivity index (χ4n) is 3.98. The number of rotatable bonds is 4. The third-order valence-corrected chi connectivity index (χ3v) is 5.85. The molecule has 0 aromatic carbocycles. The zero-order valence-corrected chi connectivity index (χ0v) is 14.8. The largest absolute Gasteiger partial charge is 0.396 e. The normalized spacial score (nSPS) is 28.1. The number of aliphatic hydroxyl groups excluding tert-OH is 1. The number of anilines is 1. The monoisotopic (exact) mass is 331 g/mol. The first-order valence-corrected chi connectivity index (χ1v) is 9.11. The van der Waals surface area contributed by atoms with Crippen LogP contribution in [0.2, 0.25) is 0 Å². The number of aryl methyl sites for hydroxylation is 1. The summed E-state index contributed by atoms with van der Waals surface area (Å²) in [5, 5.41) is 12.9. The Balaban J connectivity index is 1.53. The number of nitrogens with zero attached hydrogens (tertiary/aromatic N) is 2. The number of nitrogens with one attached hydrogen (secondary N) is 1. The number of amides is 1. The Morgan fingerprint density at radius 1 is 1.38 bits per heavy atom. The van der Waals surface area contributed by atoms with Gasteiger partial charge in [0, 0.05) is 36.7 Å². The van der Waals surface area contributed by atoms with Gasteiger partial charge in [-0.3, -0.25) is 4.79 Å². The van der Waals surface area contributed by atoms with Crippen molar-refractivity contribution in [1.82, 2.24) is 10.3 Å². The van der Waals surface area contributed by atoms with Gasteiger partial charge >= 0.3 is 0 Å². The Bertz CT molecular complexity index is 566. The summed E-state index contributed by atoms with van der Waals surface area (Å²) in [5.74, 6) is 1.25. The first kappa shape index (κ1) is 17.2. The minimum absolute atomic E-state index is 0.0789. The van der Waals surface area contributed by atoms with Gasteiger partial charge < -0.3 is 15.3 Å². The number of aromatic nitrogens is 1. The second-order valence-corrected chi connectivity index (χ2v) is 7.72. The summed E-state index contributed by atoms with van der Waals surface area (Å²) in [7, 11) is 0. The molecule has 3 rings (SSSR count). The van der Waals surface area contributed by atoms with Gasteiger partial charge in [-0.2, -0.15) is 0 Å². The average molecular weight is 331 g/mol. The molecule has 2 atom stereocenters. The second-order valence-electron chi connectivity index (χ2n) is 7.72. The molecule has 1 aliphatic carbocycles. The van der Waals surface area contributed by atoms with Crippen molar-refractivity contribution in [2.24, 2.45) is 11.3 Å². The van der Waals surface area contributed by atoms with Crippen LogP contribution in [0.25, 0.3) is 0 Å². The SMILES string of the molecule is Cc1ccc(N2CCC(C(=O)NC3CCCC3(C)CO)CC2)nc1. The molecule has 24 heavy (non-hydrogen) atoms. The number of hydrogen-bond donors (Lipinski definition) is 2. The summed E-state index contributed by atoms with van der Waals surface area (Å²) in [5.41, 5.74) is 1.01. The molecular weight excluding hydrogens is 302 g/mol. The molecule has 2 fully saturated rings. The van der Waals surface area contributed by atoms with Gasteiger partial charge in [-0.15, -0.1) is 0 Å². The molecule has 1 aromatic heterocycles. The molecule has 2 N–H and O–H groups in total. The molecular formula is C19H29N3O2. The van der Waals surface area contributed by atoms with Crippen LogP contribution >= 0.6 is 0 Å². The van der Waals surface area contributed by atoms with Crippen LogP contribution in [0, 0.1) is 18.3 Å². The minimum atomic E-state index is -0.151. The highest BCUT2D eigenvalue weighted by Crippen LogP contribution is 2.37. The maximum absolute atomic E-state index is 12.6. The molecule has 1 amide bonds. The van der Waals surface area contributed by atoms with Crippen molar-refractivity contribution in [3.63, 3.8) is 0 Å². The van der Waals surface area contributed by atoms with Crippen molar-refractivity contribution in [2.45, 2.75) is 52.0 Å². The Morgan fingerprint density at radius 3 is 2.75 bits per heavy atom. The lowest BCUT2D eigenvalue weighted by atomic mass is 9.85. The van der Waals surface area contributed by atoms with Crippen molar-refractivity contribution in [3.8, 4) is 0 Å². The van der Waals surface area contributed by atoms with E-state index in [1.54, 1.807) is 0 Å². The van der Waals surface area contributed by atoms with Crippen molar-refractivity contribution < 1.29 is 9.90 Å². The molecule has 5 nitrogen and oxygen atoms in total. The third-order valence-electron chi connectivity index (χ3n) is 5.85. The standard InChI is InChI=1S/C19H29N3O2/c1-14-5-6-17(20-12-14)22-10-7-15(8-11-22)18(24)21-16-4-3-9-19(16,2)13-23/h5-6,12,15-16,23H,3-4,7-11,13H2,1-2H3,(H,21,24). The van der Waals surface area contributed by atoms with Crippen LogP contribution in [0.5, 0.6) is 0 Å². The van der Waals surface area contributed by atoms with E-state index in [4.69, 9.17) is 0 Å². The highest BCUT2D eigenvalue weighted by molar-refractivity contribution is 5.79. The van der Waals surface area contributed by atoms with Gasteiger partial charge in [0.05, 0.1) is 6.61 Å². The molecule has 132 valence electrons. The van der Waals surface area contributed by atoms with E-state index in [9.17, 15) is 9.90 Å². The Morgan fingerprint density at radius 2 is 2.12 bits per heavy atom. The zero-order valence-electron chi connectivity index (χ0n) is 14.8. The fourth-order valence-corrected chi connectivity index (χ4v) is 3.98. The van der Waals surface area contributed by atoms with E-state index in [1.165, 1.54) is 0 Å². The van der Waals surface area contributed by atoms with Gasteiger partial charge in [0.1, 0.15) is 5.82 Å². The fraction of sp³-hybridized carbons (Fsp3) is 0.684. The van der Waals surface area contributed by atoms with Gasteiger partial charge in [-0.25, -0.2) is 4.98 Å². The number of pyridine rings is 1. The molecule has 0 radical (unpaired) electrons. The summed E-state index contributed by atoms with van der Waals surface area (Å²) in [4.78, 5) is 19.4. The van der Waals surface area contributed by atoms with E-state index >= 15 is 0 Å². The Hall–Kier alpha value is -1.62. The molecule has 2 aliphatic rings. The number of piperidine rings is 1. The summed E-state index contributed by atoms with van der Waals surface area (Å²) in [6, 6.07) is 4.25. The van der Waals surface area contributed by atoms with E-state index in [0.29, 0.717) is 0 Å². The van der Waals surface area contributed by atoms with E-state index in [-0.39, 0.29) is 29.9 Å². The van der Waals surface area contributed by atoms with Crippen LogP contribution in [0.3, 0.4) is 0 Å². The van der Waals surface area contributed by atoms with Crippen molar-refractivity contribution in [3.05, 3.63) is 23.9 Å². The van der Waals surface area contributed by atoms with Crippen molar-refractivity contribution in [2.75, 3.05) is 24.6 Å². The number of carbonyl (C=O) groups is 1. The van der Waals surface area contributed by atoms with E-state index < -0.39 is 0 Å². The lowest BCUT2D eigenvalue weighted by Gasteiger charge is -2.35. The van der Waals surface area contributed by atoms with Crippen LogP contribution in [0.1, 0.15) is 44.6 Å². The minimum Gasteiger partial charge on any atom is -0.396 e. The zero-order chi connectivity index (χ0) is 17.2. The van der Waals surface area contributed by atoms with Crippen LogP contribution in [-0.2, 0) is 4.79 Å². The molecule has 1 aromatic rings. The Kier molecular flexibility index (Phi) is 5.09. The smallest absolute Gasteiger partial charge is 0.223 e. The number of carbonyl (C=O) groups excluding carboxylic acids is 1. The maximum atomic E-state index is 12.6. The van der Waals surface area contributed by atoms with Crippen LogP contribution < -0.4 is 10.2 Å². The second kappa shape index (κ2) is 7.09. The molecule has 0 bridgehead atoms. The molecule has 1 saturated carbocycles. The predicted molar refractivity (Wildman–Crippen MR) is 94.9 cm³/mol. The lowest BCUT2D eigenvalue weighted by molar-refractivity contribution is -0.127. The van der Waals surface area contributed by atoms with E-state index in [1.807, 2.05) is 13.1 Å². The average Bonchev–Trinajstić information content (AvgIpc) is 2.97. The van der Waals surface area contributed by atoms with Gasteiger partial charge in [0.2, 0.25) is 5.91 Å². The summed E-state index contributed by atoms with van der Waals surface area (Å²) in [6.07, 6.45) is 6.68. The highest BCUT2D eigenvalue weighted by Gasteiger charge is 2.40. The quantitative estimate of drug-likeness (QED) is 0.888. The van der Waals surface area contributed by atoms with E-state index in [0.717, 1.165) is 56.6 Å². The van der Waals surface area contributed by atoms with Crippen LogP contribution in [-0.4, -0.2) is 41.7 Å². The van der Waals surface area contributed by atoms with Crippen LogP contribution in [0.15, 0.2) is 18.3 Å². The predicted octanol–water partition coefficient (Wildman–Crippen LogP) is 2.27. The van der Waals surface area contributed by atoms with Crippen LogP contribution in [0.4, 0.5) is 5.82 Å². The van der Waals surface area contributed by atoms with Gasteiger partial charge in [-0.1, -0.05) is 19.4 Å². The molecule has 0 spiro atoms. The topological polar surface area (TPSA) is 65.5 Å². The molecule has 1 saturated heterocycles. The van der Waals surface area contributed by atoms with E-state index in [2.05, 4.69) is 34.3 Å².